The zero-order chi connectivity index (χ0) is 16.5. The second kappa shape index (κ2) is 5.84. The molecular weight excluding hydrogens is 303 g/mol. The van der Waals surface area contributed by atoms with Crippen molar-refractivity contribution in [3.05, 3.63) is 41.1 Å². The maximum Gasteiger partial charge on any atom is 0.435 e. The lowest BCUT2D eigenvalue weighted by Gasteiger charge is -2.16. The first-order chi connectivity index (χ1) is 10.2. The van der Waals surface area contributed by atoms with E-state index < -0.39 is 17.8 Å². The van der Waals surface area contributed by atoms with Crippen LogP contribution in [0.3, 0.4) is 0 Å². The number of nitrogens with zero attached hydrogens (tertiary/aromatic N) is 3. The molecule has 2 aromatic rings. The Bertz CT molecular complexity index is 676. The molecule has 0 amide bonds. The summed E-state index contributed by atoms with van der Waals surface area (Å²) in [5.41, 5.74) is -0.516. The molecule has 0 spiro atoms. The molecular formula is C13H14F3N3O3. The first-order valence-corrected chi connectivity index (χ1v) is 6.26. The number of alkyl halides is 3. The largest absolute Gasteiger partial charge is 0.475 e. The van der Waals surface area contributed by atoms with E-state index in [0.29, 0.717) is 5.56 Å². The number of halogens is 3. The molecule has 9 heteroatoms. The fourth-order valence-electron chi connectivity index (χ4n) is 2.18. The third-order valence-electron chi connectivity index (χ3n) is 2.99. The van der Waals surface area contributed by atoms with Crippen molar-refractivity contribution in [2.24, 2.45) is 7.05 Å². The Balaban J connectivity index is 2.14. The van der Waals surface area contributed by atoms with E-state index in [-0.39, 0.29) is 24.4 Å². The monoisotopic (exact) mass is 317 g/mol. The van der Waals surface area contributed by atoms with Gasteiger partial charge in [0.2, 0.25) is 5.76 Å². The molecule has 2 heterocycles. The van der Waals surface area contributed by atoms with Gasteiger partial charge in [0.15, 0.2) is 5.69 Å². The minimum absolute atomic E-state index is 0.0209. The van der Waals surface area contributed by atoms with Crippen LogP contribution in [0.5, 0.6) is 0 Å². The first kappa shape index (κ1) is 16.1. The molecule has 0 radical (unpaired) electrons. The number of carboxylic acids is 1. The molecule has 0 saturated carbocycles. The van der Waals surface area contributed by atoms with E-state index in [1.54, 1.807) is 11.9 Å². The third kappa shape index (κ3) is 3.48. The molecule has 2 aromatic heterocycles. The van der Waals surface area contributed by atoms with Crippen molar-refractivity contribution in [3.63, 3.8) is 0 Å². The summed E-state index contributed by atoms with van der Waals surface area (Å²) in [6.45, 7) is 0.122. The topological polar surface area (TPSA) is 71.5 Å². The van der Waals surface area contributed by atoms with Gasteiger partial charge >= 0.3 is 12.1 Å². The molecule has 0 fully saturated rings. The van der Waals surface area contributed by atoms with Crippen molar-refractivity contribution >= 4 is 5.97 Å². The van der Waals surface area contributed by atoms with Crippen LogP contribution in [0.4, 0.5) is 13.2 Å². The highest BCUT2D eigenvalue weighted by molar-refractivity contribution is 5.86. The van der Waals surface area contributed by atoms with Gasteiger partial charge < -0.3 is 9.52 Å². The highest BCUT2D eigenvalue weighted by atomic mass is 19.4. The molecule has 0 aliphatic carbocycles. The van der Waals surface area contributed by atoms with Crippen molar-refractivity contribution in [2.45, 2.75) is 19.3 Å². The molecule has 0 aliphatic heterocycles. The molecule has 22 heavy (non-hydrogen) atoms. The van der Waals surface area contributed by atoms with E-state index in [1.807, 2.05) is 0 Å². The predicted molar refractivity (Wildman–Crippen MR) is 69.0 cm³/mol. The van der Waals surface area contributed by atoms with E-state index in [4.69, 9.17) is 9.52 Å². The predicted octanol–water partition coefficient (Wildman–Crippen LogP) is 2.36. The van der Waals surface area contributed by atoms with E-state index >= 15 is 0 Å². The minimum atomic E-state index is -4.53. The van der Waals surface area contributed by atoms with Gasteiger partial charge in [-0.2, -0.15) is 18.3 Å². The summed E-state index contributed by atoms with van der Waals surface area (Å²) in [7, 11) is 3.00. The summed E-state index contributed by atoms with van der Waals surface area (Å²) in [5.74, 6) is -1.43. The zero-order valence-electron chi connectivity index (χ0n) is 11.9. The quantitative estimate of drug-likeness (QED) is 0.916. The summed E-state index contributed by atoms with van der Waals surface area (Å²) < 4.78 is 44.6. The van der Waals surface area contributed by atoms with E-state index in [1.165, 1.54) is 25.6 Å². The Morgan fingerprint density at radius 1 is 1.41 bits per heavy atom. The van der Waals surface area contributed by atoms with Crippen LogP contribution >= 0.6 is 0 Å². The van der Waals surface area contributed by atoms with Crippen LogP contribution in [0.2, 0.25) is 0 Å². The van der Waals surface area contributed by atoms with E-state index in [2.05, 4.69) is 5.10 Å². The molecule has 0 atom stereocenters. The van der Waals surface area contributed by atoms with Crippen molar-refractivity contribution in [2.75, 3.05) is 7.05 Å². The summed E-state index contributed by atoms with van der Waals surface area (Å²) >= 11 is 0. The average molecular weight is 317 g/mol. The van der Waals surface area contributed by atoms with Crippen LogP contribution in [0, 0.1) is 0 Å². The Kier molecular flexibility index (Phi) is 4.27. The van der Waals surface area contributed by atoms with Gasteiger partial charge in [0.1, 0.15) is 0 Å². The Labute approximate surface area is 123 Å². The molecule has 2 rings (SSSR count). The number of aromatic carboxylic acids is 1. The van der Waals surface area contributed by atoms with Gasteiger partial charge in [-0.15, -0.1) is 0 Å². The van der Waals surface area contributed by atoms with Crippen LogP contribution in [-0.4, -0.2) is 32.8 Å². The fourth-order valence-corrected chi connectivity index (χ4v) is 2.18. The lowest BCUT2D eigenvalue weighted by Crippen LogP contribution is -2.20. The molecule has 6 nitrogen and oxygen atoms in total. The number of hydrogen-bond donors (Lipinski definition) is 1. The molecule has 0 saturated heterocycles. The van der Waals surface area contributed by atoms with Gasteiger partial charge in [-0.1, -0.05) is 0 Å². The van der Waals surface area contributed by atoms with Gasteiger partial charge in [0.25, 0.3) is 0 Å². The van der Waals surface area contributed by atoms with Crippen molar-refractivity contribution in [3.8, 4) is 0 Å². The highest BCUT2D eigenvalue weighted by Crippen LogP contribution is 2.31. The molecule has 0 unspecified atom stereocenters. The normalized spacial score (nSPS) is 12.1. The number of furan rings is 1. The Hall–Kier alpha value is -2.29. The van der Waals surface area contributed by atoms with Gasteiger partial charge in [0.05, 0.1) is 6.26 Å². The SMILES string of the molecule is CN(Cc1cn(C)nc1C(F)(F)F)Cc1ccoc1C(=O)O. The van der Waals surface area contributed by atoms with E-state index in [9.17, 15) is 18.0 Å². The zero-order valence-corrected chi connectivity index (χ0v) is 11.9. The second-order valence-corrected chi connectivity index (χ2v) is 4.93. The summed E-state index contributed by atoms with van der Waals surface area (Å²) in [5, 5.41) is 12.4. The molecule has 120 valence electrons. The number of carbonyl (C=O) groups is 1. The summed E-state index contributed by atoms with van der Waals surface area (Å²) in [4.78, 5) is 12.5. The lowest BCUT2D eigenvalue weighted by molar-refractivity contribution is -0.142. The first-order valence-electron chi connectivity index (χ1n) is 6.26. The maximum atomic E-state index is 12.9. The van der Waals surface area contributed by atoms with Crippen molar-refractivity contribution in [1.29, 1.82) is 0 Å². The van der Waals surface area contributed by atoms with Crippen LogP contribution in [0.25, 0.3) is 0 Å². The van der Waals surface area contributed by atoms with Crippen molar-refractivity contribution < 1.29 is 27.5 Å². The molecule has 0 bridgehead atoms. The minimum Gasteiger partial charge on any atom is -0.475 e. The lowest BCUT2D eigenvalue weighted by atomic mass is 10.2. The van der Waals surface area contributed by atoms with Gasteiger partial charge in [-0.3, -0.25) is 9.58 Å². The highest BCUT2D eigenvalue weighted by Gasteiger charge is 2.37. The number of aryl methyl sites for hydroxylation is 1. The molecule has 0 aliphatic rings. The molecule has 1 N–H and O–H groups in total. The van der Waals surface area contributed by atoms with Crippen LogP contribution in [0.1, 0.15) is 27.4 Å². The van der Waals surface area contributed by atoms with Crippen molar-refractivity contribution in [1.82, 2.24) is 14.7 Å². The standard InChI is InChI=1S/C13H14F3N3O3/c1-18(5-8-3-4-22-10(8)12(20)21)6-9-7-19(2)17-11(9)13(14,15)16/h3-4,7H,5-6H2,1-2H3,(H,20,21). The molecule has 0 aromatic carbocycles. The smallest absolute Gasteiger partial charge is 0.435 e. The summed E-state index contributed by atoms with van der Waals surface area (Å²) in [6.07, 6.45) is -2.00. The van der Waals surface area contributed by atoms with Gasteiger partial charge in [0, 0.05) is 37.5 Å². The third-order valence-corrected chi connectivity index (χ3v) is 2.99. The number of carboxylic acid groups (broad SMARTS) is 1. The van der Waals surface area contributed by atoms with E-state index in [0.717, 1.165) is 4.68 Å². The van der Waals surface area contributed by atoms with Crippen LogP contribution in [0.15, 0.2) is 22.9 Å². The Morgan fingerprint density at radius 3 is 2.64 bits per heavy atom. The Morgan fingerprint density at radius 2 is 2.05 bits per heavy atom. The number of hydrogen-bond acceptors (Lipinski definition) is 4. The van der Waals surface area contributed by atoms with Crippen LogP contribution in [-0.2, 0) is 26.3 Å². The van der Waals surface area contributed by atoms with Gasteiger partial charge in [-0.25, -0.2) is 4.79 Å². The average Bonchev–Trinajstić information content (AvgIpc) is 2.95. The van der Waals surface area contributed by atoms with Gasteiger partial charge in [-0.05, 0) is 13.1 Å². The maximum absolute atomic E-state index is 12.9. The summed E-state index contributed by atoms with van der Waals surface area (Å²) in [6, 6.07) is 1.48. The second-order valence-electron chi connectivity index (χ2n) is 4.93. The fraction of sp³-hybridized carbons (Fsp3) is 0.385. The van der Waals surface area contributed by atoms with Crippen LogP contribution < -0.4 is 0 Å². The number of rotatable bonds is 5. The number of aromatic nitrogens is 2.